The second kappa shape index (κ2) is 9.25. The van der Waals surface area contributed by atoms with Crippen LogP contribution in [-0.4, -0.2) is 55.2 Å². The van der Waals surface area contributed by atoms with Crippen LogP contribution in [0.2, 0.25) is 0 Å². The van der Waals surface area contributed by atoms with E-state index in [9.17, 15) is 4.79 Å². The highest BCUT2D eigenvalue weighted by Crippen LogP contribution is 2.32. The maximum Gasteiger partial charge on any atom is 0.260 e. The van der Waals surface area contributed by atoms with Crippen LogP contribution in [0.1, 0.15) is 34.0 Å². The van der Waals surface area contributed by atoms with Crippen LogP contribution in [0.3, 0.4) is 0 Å². The number of carbonyl (C=O) groups is 1. The van der Waals surface area contributed by atoms with Crippen molar-refractivity contribution in [2.45, 2.75) is 27.2 Å². The second-order valence-corrected chi connectivity index (χ2v) is 8.83. The quantitative estimate of drug-likeness (QED) is 0.587. The number of morpholine rings is 1. The Bertz CT molecular complexity index is 1040. The maximum absolute atomic E-state index is 13.6. The molecule has 2 aromatic carbocycles. The van der Waals surface area contributed by atoms with Crippen molar-refractivity contribution in [1.82, 2.24) is 9.88 Å². The Morgan fingerprint density at radius 3 is 2.70 bits per heavy atom. The Balaban J connectivity index is 1.67. The number of fused-ring (bicyclic) bond motifs is 1. The van der Waals surface area contributed by atoms with Crippen LogP contribution in [0.25, 0.3) is 10.2 Å². The number of ether oxygens (including phenoxy) is 1. The van der Waals surface area contributed by atoms with E-state index < -0.39 is 0 Å². The summed E-state index contributed by atoms with van der Waals surface area (Å²) in [5.74, 6) is 0.0171. The summed E-state index contributed by atoms with van der Waals surface area (Å²) in [6.07, 6.45) is 0.930. The molecule has 5 nitrogen and oxygen atoms in total. The maximum atomic E-state index is 13.6. The first kappa shape index (κ1) is 21.0. The van der Waals surface area contributed by atoms with Gasteiger partial charge >= 0.3 is 0 Å². The van der Waals surface area contributed by atoms with Crippen molar-refractivity contribution in [2.24, 2.45) is 0 Å². The number of nitrogens with zero attached hydrogens (tertiary/aromatic N) is 3. The summed E-state index contributed by atoms with van der Waals surface area (Å²) in [5, 5.41) is 0.780. The lowest BCUT2D eigenvalue weighted by atomic mass is 10.1. The minimum absolute atomic E-state index is 0.0171. The van der Waals surface area contributed by atoms with E-state index in [1.54, 1.807) is 11.3 Å². The van der Waals surface area contributed by atoms with Gasteiger partial charge in [0.25, 0.3) is 5.91 Å². The molecule has 1 aliphatic heterocycles. The average molecular weight is 424 g/mol. The number of anilines is 1. The van der Waals surface area contributed by atoms with Crippen molar-refractivity contribution in [3.8, 4) is 0 Å². The number of hydrogen-bond acceptors (Lipinski definition) is 5. The topological polar surface area (TPSA) is 45.7 Å². The molecule has 1 amide bonds. The van der Waals surface area contributed by atoms with Crippen LogP contribution in [0, 0.1) is 13.8 Å². The van der Waals surface area contributed by atoms with Gasteiger partial charge in [-0.15, -0.1) is 0 Å². The third kappa shape index (κ3) is 4.41. The van der Waals surface area contributed by atoms with E-state index in [1.807, 2.05) is 23.1 Å². The molecule has 1 aromatic heterocycles. The summed E-state index contributed by atoms with van der Waals surface area (Å²) in [6.45, 7) is 11.0. The molecule has 0 saturated carbocycles. The Morgan fingerprint density at radius 2 is 1.97 bits per heavy atom. The number of thiazole rings is 1. The smallest absolute Gasteiger partial charge is 0.260 e. The third-order valence-electron chi connectivity index (χ3n) is 5.85. The molecule has 0 aliphatic carbocycles. The number of hydrogen-bond donors (Lipinski definition) is 0. The summed E-state index contributed by atoms with van der Waals surface area (Å²) < 4.78 is 6.60. The van der Waals surface area contributed by atoms with Gasteiger partial charge in [-0.3, -0.25) is 14.6 Å². The van der Waals surface area contributed by atoms with Crippen LogP contribution in [-0.2, 0) is 11.2 Å². The predicted octanol–water partition coefficient (Wildman–Crippen LogP) is 4.45. The minimum Gasteiger partial charge on any atom is -0.379 e. The number of rotatable bonds is 6. The van der Waals surface area contributed by atoms with Crippen molar-refractivity contribution in [3.05, 3.63) is 58.7 Å². The second-order valence-electron chi connectivity index (χ2n) is 7.82. The highest BCUT2D eigenvalue weighted by molar-refractivity contribution is 7.22. The van der Waals surface area contributed by atoms with Gasteiger partial charge in [-0.2, -0.15) is 0 Å². The molecule has 3 aromatic rings. The fraction of sp³-hybridized carbons (Fsp3) is 0.417. The van der Waals surface area contributed by atoms with Gasteiger partial charge in [-0.1, -0.05) is 36.5 Å². The van der Waals surface area contributed by atoms with Crippen molar-refractivity contribution in [2.75, 3.05) is 44.3 Å². The summed E-state index contributed by atoms with van der Waals surface area (Å²) in [5.41, 5.74) is 5.28. The van der Waals surface area contributed by atoms with Crippen molar-refractivity contribution < 1.29 is 9.53 Å². The lowest BCUT2D eigenvalue weighted by molar-refractivity contribution is 0.0391. The molecule has 0 radical (unpaired) electrons. The SMILES string of the molecule is CCc1cccc2sc(N(CCN3CCOCC3)C(=O)c3ccc(C)c(C)c3)nc12. The summed E-state index contributed by atoms with van der Waals surface area (Å²) >= 11 is 1.60. The zero-order valence-electron chi connectivity index (χ0n) is 18.0. The Hall–Kier alpha value is -2.28. The Labute approximate surface area is 182 Å². The van der Waals surface area contributed by atoms with Crippen LogP contribution in [0.15, 0.2) is 36.4 Å². The molecule has 0 unspecified atom stereocenters. The average Bonchev–Trinajstić information content (AvgIpc) is 3.20. The molecule has 6 heteroatoms. The first-order valence-corrected chi connectivity index (χ1v) is 11.5. The Morgan fingerprint density at radius 1 is 1.17 bits per heavy atom. The summed E-state index contributed by atoms with van der Waals surface area (Å²) in [6, 6.07) is 12.2. The number of carbonyl (C=O) groups excluding carboxylic acids is 1. The van der Waals surface area contributed by atoms with E-state index >= 15 is 0 Å². The number of benzene rings is 2. The fourth-order valence-electron chi connectivity index (χ4n) is 3.78. The Kier molecular flexibility index (Phi) is 6.46. The standard InChI is InChI=1S/C24H29N3O2S/c1-4-19-6-5-7-21-22(19)25-24(30-21)27(11-10-26-12-14-29-15-13-26)23(28)20-9-8-17(2)18(3)16-20/h5-9,16H,4,10-15H2,1-3H3. The lowest BCUT2D eigenvalue weighted by Gasteiger charge is -2.29. The largest absolute Gasteiger partial charge is 0.379 e. The van der Waals surface area contributed by atoms with Crippen molar-refractivity contribution in [3.63, 3.8) is 0 Å². The van der Waals surface area contributed by atoms with E-state index in [-0.39, 0.29) is 5.91 Å². The molecular weight excluding hydrogens is 394 g/mol. The molecule has 30 heavy (non-hydrogen) atoms. The zero-order valence-corrected chi connectivity index (χ0v) is 18.8. The van der Waals surface area contributed by atoms with E-state index in [0.717, 1.165) is 65.7 Å². The highest BCUT2D eigenvalue weighted by Gasteiger charge is 2.23. The van der Waals surface area contributed by atoms with E-state index in [2.05, 4.69) is 43.9 Å². The van der Waals surface area contributed by atoms with Gasteiger partial charge in [0.1, 0.15) is 0 Å². The molecule has 0 spiro atoms. The van der Waals surface area contributed by atoms with Crippen LogP contribution in [0.5, 0.6) is 0 Å². The minimum atomic E-state index is 0.0171. The molecule has 1 fully saturated rings. The first-order chi connectivity index (χ1) is 14.6. The van der Waals surface area contributed by atoms with Crippen molar-refractivity contribution >= 4 is 32.6 Å². The number of para-hydroxylation sites is 1. The lowest BCUT2D eigenvalue weighted by Crippen LogP contribution is -2.43. The van der Waals surface area contributed by atoms with E-state index in [4.69, 9.17) is 9.72 Å². The molecule has 0 bridgehead atoms. The van der Waals surface area contributed by atoms with Gasteiger partial charge in [0, 0.05) is 31.7 Å². The summed E-state index contributed by atoms with van der Waals surface area (Å²) in [7, 11) is 0. The molecule has 1 saturated heterocycles. The highest BCUT2D eigenvalue weighted by atomic mass is 32.1. The number of aryl methyl sites for hydroxylation is 3. The van der Waals surface area contributed by atoms with E-state index in [1.165, 1.54) is 11.1 Å². The molecule has 0 N–H and O–H groups in total. The molecule has 1 aliphatic rings. The molecule has 4 rings (SSSR count). The van der Waals surface area contributed by atoms with Crippen LogP contribution in [0.4, 0.5) is 5.13 Å². The fourth-order valence-corrected chi connectivity index (χ4v) is 4.81. The molecule has 158 valence electrons. The van der Waals surface area contributed by atoms with Gasteiger partial charge in [0.15, 0.2) is 5.13 Å². The van der Waals surface area contributed by atoms with Crippen LogP contribution >= 0.6 is 11.3 Å². The summed E-state index contributed by atoms with van der Waals surface area (Å²) in [4.78, 5) is 22.7. The number of amides is 1. The monoisotopic (exact) mass is 423 g/mol. The molecule has 2 heterocycles. The van der Waals surface area contributed by atoms with Gasteiger partial charge in [-0.25, -0.2) is 4.98 Å². The predicted molar refractivity (Wildman–Crippen MR) is 124 cm³/mol. The van der Waals surface area contributed by atoms with Gasteiger partial charge in [-0.05, 0) is 55.2 Å². The van der Waals surface area contributed by atoms with Crippen LogP contribution < -0.4 is 4.90 Å². The van der Waals surface area contributed by atoms with E-state index in [0.29, 0.717) is 6.54 Å². The third-order valence-corrected chi connectivity index (χ3v) is 6.89. The van der Waals surface area contributed by atoms with Gasteiger partial charge in [0.2, 0.25) is 0 Å². The van der Waals surface area contributed by atoms with Crippen molar-refractivity contribution in [1.29, 1.82) is 0 Å². The molecular formula is C24H29N3O2S. The number of aromatic nitrogens is 1. The normalized spacial score (nSPS) is 14.9. The first-order valence-electron chi connectivity index (χ1n) is 10.6. The van der Waals surface area contributed by atoms with Gasteiger partial charge in [0.05, 0.1) is 23.4 Å². The molecule has 0 atom stereocenters. The van der Waals surface area contributed by atoms with Gasteiger partial charge < -0.3 is 4.74 Å². The zero-order chi connectivity index (χ0) is 21.1.